The molecule has 0 aliphatic heterocycles. The fourth-order valence-electron chi connectivity index (χ4n) is 4.23. The van der Waals surface area contributed by atoms with Crippen LogP contribution in [0, 0.1) is 23.3 Å². The molecule has 276 valence electrons. The molecular weight excluding hydrogens is 705 g/mol. The van der Waals surface area contributed by atoms with Crippen molar-refractivity contribution in [3.8, 4) is 0 Å². The summed E-state index contributed by atoms with van der Waals surface area (Å²) >= 11 is 0. The van der Waals surface area contributed by atoms with Gasteiger partial charge < -0.3 is 5.11 Å². The van der Waals surface area contributed by atoms with E-state index in [0.717, 1.165) is 30.9 Å². The lowest BCUT2D eigenvalue weighted by Crippen LogP contribution is -2.39. The van der Waals surface area contributed by atoms with Crippen LogP contribution in [0.25, 0.3) is 0 Å². The second-order valence-electron chi connectivity index (χ2n) is 11.6. The molecule has 0 amide bonds. The molecular formula is C33H41F7O7S2. The summed E-state index contributed by atoms with van der Waals surface area (Å²) in [6.07, 6.45) is -2.54. The predicted molar refractivity (Wildman–Crippen MR) is 171 cm³/mol. The largest absolute Gasteiger partial charge is 0.421 e. The summed E-state index contributed by atoms with van der Waals surface area (Å²) in [6.45, 7) is 11.8. The summed E-state index contributed by atoms with van der Waals surface area (Å²) < 4.78 is 152. The van der Waals surface area contributed by atoms with Gasteiger partial charge in [-0.3, -0.25) is 9.11 Å². The van der Waals surface area contributed by atoms with Crippen molar-refractivity contribution in [2.75, 3.05) is 0 Å². The standard InChI is InChI=1S/C13H17F3O.C10H10F4O3S.C10H14O3S/c1-4-9(2)10-5-7-11(8-6-10)12(3,17)13(14,15)16;1-3-4(2)5-6(11)8(13)10(18(15,16)17)9(14)7(5)12;1-3-8(2)9-4-6-10(7-5-9)14(11,12)13/h5-9,17H,4H2,1-3H3;4H,3H2,1-2H3,(H,15,16,17);4-8H,3H2,1-2H3,(H,11,12,13). The Labute approximate surface area is 282 Å². The first-order chi connectivity index (χ1) is 22.3. The van der Waals surface area contributed by atoms with Crippen molar-refractivity contribution in [3.63, 3.8) is 0 Å². The molecule has 4 unspecified atom stereocenters. The highest BCUT2D eigenvalue weighted by Crippen LogP contribution is 2.39. The van der Waals surface area contributed by atoms with Crippen LogP contribution in [0.15, 0.2) is 58.3 Å². The fourth-order valence-corrected chi connectivity index (χ4v) is 5.34. The number of hydrogen-bond acceptors (Lipinski definition) is 5. The van der Waals surface area contributed by atoms with Gasteiger partial charge in [0.1, 0.15) is 0 Å². The van der Waals surface area contributed by atoms with Crippen molar-refractivity contribution in [1.82, 2.24) is 0 Å². The highest BCUT2D eigenvalue weighted by molar-refractivity contribution is 7.86. The Hall–Kier alpha value is -3.05. The second-order valence-corrected chi connectivity index (χ2v) is 14.4. The third kappa shape index (κ3) is 11.2. The Kier molecular flexibility index (Phi) is 15.5. The van der Waals surface area contributed by atoms with E-state index in [0.29, 0.717) is 11.8 Å². The molecule has 0 aliphatic carbocycles. The number of rotatable bonds is 9. The first-order valence-electron chi connectivity index (χ1n) is 15.1. The normalized spacial score (nSPS) is 15.1. The Morgan fingerprint density at radius 3 is 1.24 bits per heavy atom. The predicted octanol–water partition coefficient (Wildman–Crippen LogP) is 9.42. The molecule has 7 nitrogen and oxygen atoms in total. The quantitative estimate of drug-likeness (QED) is 0.113. The van der Waals surface area contributed by atoms with Crippen LogP contribution < -0.4 is 0 Å². The SMILES string of the molecule is CCC(C)c1c(F)c(F)c(S(=O)(=O)O)c(F)c1F.CCC(C)c1ccc(C(C)(O)C(F)(F)F)cc1.CCC(C)c1ccc(S(=O)(=O)O)cc1. The van der Waals surface area contributed by atoms with E-state index in [-0.39, 0.29) is 16.9 Å². The van der Waals surface area contributed by atoms with Crippen molar-refractivity contribution in [3.05, 3.63) is 94.1 Å². The Morgan fingerprint density at radius 2 is 0.959 bits per heavy atom. The minimum Gasteiger partial charge on any atom is -0.376 e. The van der Waals surface area contributed by atoms with Gasteiger partial charge in [0, 0.05) is 5.56 Å². The zero-order chi connectivity index (χ0) is 38.3. The average molecular weight is 747 g/mol. The number of alkyl halides is 3. The molecule has 3 N–H and O–H groups in total. The van der Waals surface area contributed by atoms with E-state index in [1.165, 1.54) is 38.1 Å². The molecule has 0 spiro atoms. The Balaban J connectivity index is 0.000000370. The van der Waals surface area contributed by atoms with Crippen LogP contribution in [-0.2, 0) is 25.8 Å². The zero-order valence-electron chi connectivity index (χ0n) is 27.9. The van der Waals surface area contributed by atoms with Gasteiger partial charge in [0.2, 0.25) is 0 Å². The first kappa shape index (κ1) is 44.0. The second kappa shape index (κ2) is 17.2. The maximum atomic E-state index is 13.5. The van der Waals surface area contributed by atoms with Crippen molar-refractivity contribution in [1.29, 1.82) is 0 Å². The van der Waals surface area contributed by atoms with Crippen LogP contribution in [-0.4, -0.2) is 37.2 Å². The van der Waals surface area contributed by atoms with Crippen LogP contribution in [0.2, 0.25) is 0 Å². The van der Waals surface area contributed by atoms with E-state index < -0.39 is 71.7 Å². The molecule has 0 saturated carbocycles. The van der Waals surface area contributed by atoms with Crippen molar-refractivity contribution in [2.45, 2.75) is 107 Å². The highest BCUT2D eigenvalue weighted by atomic mass is 32.2. The molecule has 0 fully saturated rings. The molecule has 4 atom stereocenters. The molecule has 3 aromatic carbocycles. The lowest BCUT2D eigenvalue weighted by Gasteiger charge is -2.27. The Morgan fingerprint density at radius 1 is 0.612 bits per heavy atom. The van der Waals surface area contributed by atoms with Crippen molar-refractivity contribution >= 4 is 20.2 Å². The number of hydrogen-bond donors (Lipinski definition) is 3. The summed E-state index contributed by atoms with van der Waals surface area (Å²) in [7, 11) is -9.44. The monoisotopic (exact) mass is 746 g/mol. The van der Waals surface area contributed by atoms with Crippen molar-refractivity contribution < 1.29 is 61.8 Å². The minimum atomic E-state index is -5.39. The summed E-state index contributed by atoms with van der Waals surface area (Å²) in [6, 6.07) is 12.3. The fraction of sp³-hybridized carbons (Fsp3) is 0.455. The van der Waals surface area contributed by atoms with E-state index >= 15 is 0 Å². The third-order valence-electron chi connectivity index (χ3n) is 8.19. The number of aliphatic hydroxyl groups is 1. The molecule has 0 aromatic heterocycles. The van der Waals surface area contributed by atoms with E-state index in [1.54, 1.807) is 24.3 Å². The lowest BCUT2D eigenvalue weighted by atomic mass is 9.91. The maximum absolute atomic E-state index is 13.5. The van der Waals surface area contributed by atoms with Crippen LogP contribution >= 0.6 is 0 Å². The van der Waals surface area contributed by atoms with Gasteiger partial charge in [-0.15, -0.1) is 0 Å². The average Bonchev–Trinajstić information content (AvgIpc) is 3.02. The van der Waals surface area contributed by atoms with Crippen LogP contribution in [0.3, 0.4) is 0 Å². The van der Waals surface area contributed by atoms with Crippen LogP contribution in [0.5, 0.6) is 0 Å². The molecule has 16 heteroatoms. The van der Waals surface area contributed by atoms with E-state index in [1.807, 2.05) is 13.8 Å². The molecule has 3 rings (SSSR count). The van der Waals surface area contributed by atoms with Gasteiger partial charge in [0.15, 0.2) is 33.8 Å². The first-order valence-corrected chi connectivity index (χ1v) is 18.0. The molecule has 0 bridgehead atoms. The van der Waals surface area contributed by atoms with Gasteiger partial charge in [-0.2, -0.15) is 30.0 Å². The summed E-state index contributed by atoms with van der Waals surface area (Å²) in [5, 5.41) is 9.48. The van der Waals surface area contributed by atoms with E-state index in [4.69, 9.17) is 9.11 Å². The smallest absolute Gasteiger partial charge is 0.376 e. The maximum Gasteiger partial charge on any atom is 0.421 e. The van der Waals surface area contributed by atoms with E-state index in [2.05, 4.69) is 13.8 Å². The highest BCUT2D eigenvalue weighted by Gasteiger charge is 2.51. The lowest BCUT2D eigenvalue weighted by molar-refractivity contribution is -0.258. The summed E-state index contributed by atoms with van der Waals surface area (Å²) in [5.74, 6) is -7.99. The van der Waals surface area contributed by atoms with Gasteiger partial charge in [0.05, 0.1) is 4.90 Å². The van der Waals surface area contributed by atoms with Crippen LogP contribution in [0.4, 0.5) is 30.7 Å². The molecule has 3 aromatic rings. The minimum absolute atomic E-state index is 0.0513. The molecule has 49 heavy (non-hydrogen) atoms. The molecule has 0 radical (unpaired) electrons. The van der Waals surface area contributed by atoms with Gasteiger partial charge in [0.25, 0.3) is 10.1 Å². The zero-order valence-corrected chi connectivity index (χ0v) is 29.5. The van der Waals surface area contributed by atoms with Crippen LogP contribution in [0.1, 0.15) is 108 Å². The van der Waals surface area contributed by atoms with Gasteiger partial charge in [-0.25, -0.2) is 17.6 Å². The number of halogens is 7. The van der Waals surface area contributed by atoms with E-state index in [9.17, 15) is 52.7 Å². The molecule has 0 heterocycles. The summed E-state index contributed by atoms with van der Waals surface area (Å²) in [4.78, 5) is -2.06. The van der Waals surface area contributed by atoms with Crippen molar-refractivity contribution in [2.24, 2.45) is 0 Å². The number of benzene rings is 3. The third-order valence-corrected chi connectivity index (χ3v) is 9.93. The van der Waals surface area contributed by atoms with Gasteiger partial charge in [-0.05, 0) is 72.8 Å². The topological polar surface area (TPSA) is 129 Å². The Bertz CT molecular complexity index is 1730. The molecule has 0 aliphatic rings. The molecule has 0 saturated heterocycles. The summed E-state index contributed by atoms with van der Waals surface area (Å²) in [5.41, 5.74) is -1.73. The van der Waals surface area contributed by atoms with Gasteiger partial charge in [-0.1, -0.05) is 77.9 Å². The van der Waals surface area contributed by atoms with Gasteiger partial charge >= 0.3 is 16.3 Å².